The second-order valence-corrected chi connectivity index (χ2v) is 8.86. The highest BCUT2D eigenvalue weighted by Gasteiger charge is 2.31. The van der Waals surface area contributed by atoms with E-state index >= 15 is 0 Å². The van der Waals surface area contributed by atoms with Crippen LogP contribution < -0.4 is 14.4 Å². The molecule has 0 saturated heterocycles. The van der Waals surface area contributed by atoms with Crippen molar-refractivity contribution in [2.75, 3.05) is 15.9 Å². The van der Waals surface area contributed by atoms with Gasteiger partial charge in [0.25, 0.3) is 0 Å². The maximum absolute atomic E-state index is 13.0. The third-order valence-corrected chi connectivity index (χ3v) is 5.24. The van der Waals surface area contributed by atoms with Gasteiger partial charge in [-0.3, -0.25) is 9.10 Å². The molecule has 0 aliphatic carbocycles. The molecular formula is C21H28N2O4S. The Morgan fingerprint density at radius 3 is 2.39 bits per heavy atom. The summed E-state index contributed by atoms with van der Waals surface area (Å²) in [5.74, 6) is 0.246. The van der Waals surface area contributed by atoms with Gasteiger partial charge in [-0.25, -0.2) is 8.42 Å². The molecule has 2 aromatic carbocycles. The van der Waals surface area contributed by atoms with E-state index in [0.29, 0.717) is 23.5 Å². The molecule has 1 unspecified atom stereocenters. The summed E-state index contributed by atoms with van der Waals surface area (Å²) in [6, 6.07) is 13.3. The second kappa shape index (κ2) is 9.10. The highest BCUT2D eigenvalue weighted by atomic mass is 32.2. The third-order valence-electron chi connectivity index (χ3n) is 4.06. The van der Waals surface area contributed by atoms with Crippen LogP contribution in [0.25, 0.3) is 0 Å². The van der Waals surface area contributed by atoms with E-state index in [1.54, 1.807) is 43.3 Å². The van der Waals surface area contributed by atoms with Gasteiger partial charge < -0.3 is 10.1 Å². The molecule has 2 rings (SSSR count). The van der Waals surface area contributed by atoms with Crippen molar-refractivity contribution in [3.8, 4) is 5.75 Å². The van der Waals surface area contributed by atoms with Crippen LogP contribution in [-0.4, -0.2) is 32.7 Å². The molecule has 1 amide bonds. The number of carbonyl (C=O) groups is 1. The Hall–Kier alpha value is -2.54. The first-order chi connectivity index (χ1) is 13.1. The summed E-state index contributed by atoms with van der Waals surface area (Å²) < 4.78 is 31.8. The van der Waals surface area contributed by atoms with Gasteiger partial charge in [-0.05, 0) is 57.0 Å². The third kappa shape index (κ3) is 5.73. The zero-order valence-electron chi connectivity index (χ0n) is 17.0. The van der Waals surface area contributed by atoms with E-state index in [1.165, 1.54) is 4.31 Å². The number of carbonyl (C=O) groups excluding carboxylic acids is 1. The standard InChI is InChI=1S/C21H28N2O4S/c1-6-20(23(28(5,25)26)18-11-7-9-16(4)13-18)21(24)22-17-10-8-12-19(14-17)27-15(2)3/h7-15,20H,6H2,1-5H3,(H,22,24). The van der Waals surface area contributed by atoms with Gasteiger partial charge in [0.1, 0.15) is 11.8 Å². The van der Waals surface area contributed by atoms with Crippen molar-refractivity contribution >= 4 is 27.3 Å². The Kier molecular flexibility index (Phi) is 7.07. The lowest BCUT2D eigenvalue weighted by atomic mass is 10.1. The lowest BCUT2D eigenvalue weighted by molar-refractivity contribution is -0.117. The van der Waals surface area contributed by atoms with Crippen LogP contribution in [0.2, 0.25) is 0 Å². The molecule has 0 aliphatic rings. The molecule has 0 saturated carbocycles. The van der Waals surface area contributed by atoms with E-state index < -0.39 is 22.0 Å². The molecule has 28 heavy (non-hydrogen) atoms. The minimum atomic E-state index is -3.66. The maximum Gasteiger partial charge on any atom is 0.248 e. The molecule has 0 aliphatic heterocycles. The fraction of sp³-hybridized carbons (Fsp3) is 0.381. The van der Waals surface area contributed by atoms with E-state index in [9.17, 15) is 13.2 Å². The first-order valence-corrected chi connectivity index (χ1v) is 11.1. The largest absolute Gasteiger partial charge is 0.491 e. The van der Waals surface area contributed by atoms with Gasteiger partial charge >= 0.3 is 0 Å². The zero-order chi connectivity index (χ0) is 20.9. The fourth-order valence-corrected chi connectivity index (χ4v) is 4.17. The number of anilines is 2. The Bertz CT molecular complexity index is 926. The molecule has 0 radical (unpaired) electrons. The van der Waals surface area contributed by atoms with E-state index in [-0.39, 0.29) is 6.10 Å². The molecule has 7 heteroatoms. The first kappa shape index (κ1) is 21.8. The van der Waals surface area contributed by atoms with Crippen LogP contribution in [0.1, 0.15) is 32.8 Å². The molecule has 0 heterocycles. The highest BCUT2D eigenvalue weighted by Crippen LogP contribution is 2.25. The normalized spacial score (nSPS) is 12.5. The highest BCUT2D eigenvalue weighted by molar-refractivity contribution is 7.92. The van der Waals surface area contributed by atoms with Crippen molar-refractivity contribution in [3.05, 3.63) is 54.1 Å². The summed E-state index contributed by atoms with van der Waals surface area (Å²) in [5, 5.41) is 2.82. The van der Waals surface area contributed by atoms with Crippen LogP contribution in [-0.2, 0) is 14.8 Å². The van der Waals surface area contributed by atoms with Crippen LogP contribution >= 0.6 is 0 Å². The van der Waals surface area contributed by atoms with Gasteiger partial charge in [-0.1, -0.05) is 25.1 Å². The summed E-state index contributed by atoms with van der Waals surface area (Å²) >= 11 is 0. The van der Waals surface area contributed by atoms with E-state index in [4.69, 9.17) is 4.74 Å². The number of nitrogens with zero attached hydrogens (tertiary/aromatic N) is 1. The summed E-state index contributed by atoms with van der Waals surface area (Å²) in [7, 11) is -3.66. The predicted molar refractivity (Wildman–Crippen MR) is 113 cm³/mol. The van der Waals surface area contributed by atoms with E-state index in [0.717, 1.165) is 11.8 Å². The monoisotopic (exact) mass is 404 g/mol. The summed E-state index contributed by atoms with van der Waals surface area (Å²) in [6.45, 7) is 7.51. The molecular weight excluding hydrogens is 376 g/mol. The molecule has 6 nitrogen and oxygen atoms in total. The Morgan fingerprint density at radius 2 is 1.82 bits per heavy atom. The number of aryl methyl sites for hydroxylation is 1. The zero-order valence-corrected chi connectivity index (χ0v) is 17.8. The van der Waals surface area contributed by atoms with Crippen LogP contribution in [0, 0.1) is 6.92 Å². The number of hydrogen-bond acceptors (Lipinski definition) is 4. The molecule has 2 aromatic rings. The Balaban J connectivity index is 2.32. The van der Waals surface area contributed by atoms with Gasteiger partial charge in [0, 0.05) is 11.8 Å². The minimum absolute atomic E-state index is 0.0105. The number of ether oxygens (including phenoxy) is 1. The number of hydrogen-bond donors (Lipinski definition) is 1. The second-order valence-electron chi connectivity index (χ2n) is 7.01. The SMILES string of the molecule is CCC(C(=O)Nc1cccc(OC(C)C)c1)N(c1cccc(C)c1)S(C)(=O)=O. The number of benzene rings is 2. The van der Waals surface area contributed by atoms with Crippen molar-refractivity contribution in [3.63, 3.8) is 0 Å². The van der Waals surface area contributed by atoms with Crippen LogP contribution in [0.3, 0.4) is 0 Å². The number of sulfonamides is 1. The number of rotatable bonds is 8. The van der Waals surface area contributed by atoms with Crippen molar-refractivity contribution in [2.45, 2.75) is 46.3 Å². The molecule has 0 aromatic heterocycles. The maximum atomic E-state index is 13.0. The Labute approximate surface area is 167 Å². The summed E-state index contributed by atoms with van der Waals surface area (Å²) in [4.78, 5) is 13.0. The quantitative estimate of drug-likeness (QED) is 0.722. The van der Waals surface area contributed by atoms with E-state index in [1.807, 2.05) is 32.9 Å². The van der Waals surface area contributed by atoms with Crippen molar-refractivity contribution < 1.29 is 17.9 Å². The van der Waals surface area contributed by atoms with Crippen molar-refractivity contribution in [2.24, 2.45) is 0 Å². The van der Waals surface area contributed by atoms with Gasteiger partial charge in [-0.15, -0.1) is 0 Å². The van der Waals surface area contributed by atoms with Gasteiger partial charge in [0.15, 0.2) is 0 Å². The minimum Gasteiger partial charge on any atom is -0.491 e. The molecule has 0 spiro atoms. The lowest BCUT2D eigenvalue weighted by Crippen LogP contribution is -2.47. The van der Waals surface area contributed by atoms with Gasteiger partial charge in [0.05, 0.1) is 18.0 Å². The summed E-state index contributed by atoms with van der Waals surface area (Å²) in [5.41, 5.74) is 1.95. The van der Waals surface area contributed by atoms with Crippen LogP contribution in [0.5, 0.6) is 5.75 Å². The molecule has 0 fully saturated rings. The average molecular weight is 405 g/mol. The Morgan fingerprint density at radius 1 is 1.14 bits per heavy atom. The first-order valence-electron chi connectivity index (χ1n) is 9.25. The molecule has 0 bridgehead atoms. The van der Waals surface area contributed by atoms with Gasteiger partial charge in [-0.2, -0.15) is 0 Å². The molecule has 1 atom stereocenters. The van der Waals surface area contributed by atoms with Crippen molar-refractivity contribution in [1.29, 1.82) is 0 Å². The lowest BCUT2D eigenvalue weighted by Gasteiger charge is -2.30. The van der Waals surface area contributed by atoms with Crippen LogP contribution in [0.4, 0.5) is 11.4 Å². The smallest absolute Gasteiger partial charge is 0.248 e. The van der Waals surface area contributed by atoms with E-state index in [2.05, 4.69) is 5.32 Å². The van der Waals surface area contributed by atoms with Gasteiger partial charge in [0.2, 0.25) is 15.9 Å². The number of nitrogens with one attached hydrogen (secondary N) is 1. The number of amides is 1. The molecule has 152 valence electrons. The topological polar surface area (TPSA) is 75.7 Å². The summed E-state index contributed by atoms with van der Waals surface area (Å²) in [6.07, 6.45) is 1.45. The molecule has 1 N–H and O–H groups in total. The van der Waals surface area contributed by atoms with Crippen LogP contribution in [0.15, 0.2) is 48.5 Å². The predicted octanol–water partition coefficient (Wildman–Crippen LogP) is 3.97. The fourth-order valence-electron chi connectivity index (χ4n) is 2.97. The van der Waals surface area contributed by atoms with Crippen molar-refractivity contribution in [1.82, 2.24) is 0 Å². The average Bonchev–Trinajstić information content (AvgIpc) is 2.58.